The van der Waals surface area contributed by atoms with Crippen LogP contribution in [0.25, 0.3) is 22.3 Å². The minimum atomic E-state index is -3.91. The molecule has 0 saturated heterocycles. The Kier molecular flexibility index (Phi) is 3.72. The van der Waals surface area contributed by atoms with Gasteiger partial charge in [-0.1, -0.05) is 23.7 Å². The highest BCUT2D eigenvalue weighted by Crippen LogP contribution is 2.32. The molecule has 0 bridgehead atoms. The van der Waals surface area contributed by atoms with E-state index in [4.69, 9.17) is 26.7 Å². The molecule has 0 spiro atoms. The first-order valence-electron chi connectivity index (χ1n) is 6.14. The maximum atomic E-state index is 12.1. The number of hydrogen-bond acceptors (Lipinski definition) is 4. The van der Waals surface area contributed by atoms with Gasteiger partial charge in [-0.2, -0.15) is 0 Å². The molecule has 0 atom stereocenters. The summed E-state index contributed by atoms with van der Waals surface area (Å²) in [6.45, 7) is 0. The van der Waals surface area contributed by atoms with Gasteiger partial charge in [-0.05, 0) is 30.3 Å². The van der Waals surface area contributed by atoms with Gasteiger partial charge in [0, 0.05) is 22.3 Å². The van der Waals surface area contributed by atoms with Crippen LogP contribution in [0.2, 0.25) is 5.02 Å². The van der Waals surface area contributed by atoms with Crippen molar-refractivity contribution >= 4 is 42.3 Å². The fraction of sp³-hybridized carbons (Fsp3) is 0. The van der Waals surface area contributed by atoms with E-state index in [0.717, 1.165) is 0 Å². The standard InChI is InChI=1S/C15H8Cl2O4S/c16-12-6-5-9(22(17,19)20)7-11(12)15-8-13(18)10-3-1-2-4-14(10)21-15/h1-8H. The van der Waals surface area contributed by atoms with Crippen molar-refractivity contribution in [2.75, 3.05) is 0 Å². The average Bonchev–Trinajstić information content (AvgIpc) is 2.46. The molecule has 2 aromatic carbocycles. The third kappa shape index (κ3) is 2.75. The van der Waals surface area contributed by atoms with Crippen molar-refractivity contribution in [3.8, 4) is 11.3 Å². The Morgan fingerprint density at radius 1 is 1.00 bits per heavy atom. The molecule has 0 unspecified atom stereocenters. The van der Waals surface area contributed by atoms with Crippen LogP contribution in [0.4, 0.5) is 0 Å². The second kappa shape index (κ2) is 5.43. The second-order valence-corrected chi connectivity index (χ2v) is 7.52. The summed E-state index contributed by atoms with van der Waals surface area (Å²) in [4.78, 5) is 12.0. The molecule has 0 aliphatic rings. The third-order valence-electron chi connectivity index (χ3n) is 3.12. The molecule has 0 aliphatic carbocycles. The van der Waals surface area contributed by atoms with E-state index in [9.17, 15) is 13.2 Å². The lowest BCUT2D eigenvalue weighted by atomic mass is 10.1. The van der Waals surface area contributed by atoms with Crippen LogP contribution in [-0.2, 0) is 9.05 Å². The van der Waals surface area contributed by atoms with Crippen LogP contribution in [0.15, 0.2) is 62.6 Å². The fourth-order valence-corrected chi connectivity index (χ4v) is 3.07. The second-order valence-electron chi connectivity index (χ2n) is 4.55. The first kappa shape index (κ1) is 15.1. The molecule has 22 heavy (non-hydrogen) atoms. The monoisotopic (exact) mass is 354 g/mol. The summed E-state index contributed by atoms with van der Waals surface area (Å²) >= 11 is 6.08. The van der Waals surface area contributed by atoms with Gasteiger partial charge in [-0.15, -0.1) is 0 Å². The Bertz CT molecular complexity index is 1040. The van der Waals surface area contributed by atoms with Gasteiger partial charge in [0.25, 0.3) is 9.05 Å². The summed E-state index contributed by atoms with van der Waals surface area (Å²) in [5.74, 6) is 0.177. The number of halogens is 2. The number of fused-ring (bicyclic) bond motifs is 1. The van der Waals surface area contributed by atoms with Crippen molar-refractivity contribution in [1.29, 1.82) is 0 Å². The Labute approximate surface area is 135 Å². The van der Waals surface area contributed by atoms with E-state index in [1.807, 2.05) is 0 Å². The Morgan fingerprint density at radius 2 is 1.73 bits per heavy atom. The lowest BCUT2D eigenvalue weighted by Gasteiger charge is -2.06. The minimum absolute atomic E-state index is 0.121. The van der Waals surface area contributed by atoms with Gasteiger partial charge in [0.1, 0.15) is 11.3 Å². The summed E-state index contributed by atoms with van der Waals surface area (Å²) in [7, 11) is 1.42. The molecule has 1 aromatic heterocycles. The van der Waals surface area contributed by atoms with E-state index >= 15 is 0 Å². The van der Waals surface area contributed by atoms with Crippen LogP contribution in [0.3, 0.4) is 0 Å². The topological polar surface area (TPSA) is 64.3 Å². The van der Waals surface area contributed by atoms with Crippen molar-refractivity contribution in [2.45, 2.75) is 4.90 Å². The highest BCUT2D eigenvalue weighted by Gasteiger charge is 2.16. The van der Waals surface area contributed by atoms with Crippen LogP contribution < -0.4 is 5.43 Å². The fourth-order valence-electron chi connectivity index (χ4n) is 2.08. The van der Waals surface area contributed by atoms with Gasteiger partial charge in [0.2, 0.25) is 0 Å². The van der Waals surface area contributed by atoms with E-state index < -0.39 is 9.05 Å². The number of para-hydroxylation sites is 1. The molecule has 7 heteroatoms. The van der Waals surface area contributed by atoms with E-state index in [2.05, 4.69) is 0 Å². The van der Waals surface area contributed by atoms with Crippen LogP contribution in [0, 0.1) is 0 Å². The average molecular weight is 355 g/mol. The van der Waals surface area contributed by atoms with Gasteiger partial charge in [0.05, 0.1) is 15.3 Å². The summed E-state index contributed by atoms with van der Waals surface area (Å²) in [5, 5.41) is 0.686. The predicted octanol–water partition coefficient (Wildman–Crippen LogP) is 4.04. The predicted molar refractivity (Wildman–Crippen MR) is 86.0 cm³/mol. The highest BCUT2D eigenvalue weighted by molar-refractivity contribution is 8.13. The molecule has 0 radical (unpaired) electrons. The zero-order chi connectivity index (χ0) is 15.9. The van der Waals surface area contributed by atoms with E-state index in [-0.39, 0.29) is 26.7 Å². The summed E-state index contributed by atoms with van der Waals surface area (Å²) in [6.07, 6.45) is 0. The Hall–Kier alpha value is -1.82. The smallest absolute Gasteiger partial charge is 0.261 e. The molecule has 1 heterocycles. The molecule has 3 rings (SSSR count). The van der Waals surface area contributed by atoms with E-state index in [1.54, 1.807) is 24.3 Å². The van der Waals surface area contributed by atoms with Gasteiger partial charge >= 0.3 is 0 Å². The summed E-state index contributed by atoms with van der Waals surface area (Å²) < 4.78 is 28.5. The molecule has 4 nitrogen and oxygen atoms in total. The maximum Gasteiger partial charge on any atom is 0.261 e. The van der Waals surface area contributed by atoms with Crippen LogP contribution in [0.1, 0.15) is 0 Å². The van der Waals surface area contributed by atoms with Crippen molar-refractivity contribution in [2.24, 2.45) is 0 Å². The quantitative estimate of drug-likeness (QED) is 0.651. The SMILES string of the molecule is O=c1cc(-c2cc(S(=O)(=O)Cl)ccc2Cl)oc2ccccc12. The lowest BCUT2D eigenvalue weighted by Crippen LogP contribution is -2.00. The van der Waals surface area contributed by atoms with Gasteiger partial charge in [-0.25, -0.2) is 8.42 Å². The first-order chi connectivity index (χ1) is 10.4. The lowest BCUT2D eigenvalue weighted by molar-refractivity contribution is 0.609. The maximum absolute atomic E-state index is 12.1. The summed E-state index contributed by atoms with van der Waals surface area (Å²) in [5.41, 5.74) is 0.429. The number of rotatable bonds is 2. The van der Waals surface area contributed by atoms with Gasteiger partial charge in [-0.3, -0.25) is 4.79 Å². The largest absolute Gasteiger partial charge is 0.456 e. The number of benzene rings is 2. The zero-order valence-corrected chi connectivity index (χ0v) is 13.2. The zero-order valence-electron chi connectivity index (χ0n) is 10.9. The van der Waals surface area contributed by atoms with Crippen molar-refractivity contribution < 1.29 is 12.8 Å². The molecule has 0 N–H and O–H groups in total. The molecule has 3 aromatic rings. The van der Waals surface area contributed by atoms with E-state index in [1.165, 1.54) is 24.3 Å². The first-order valence-corrected chi connectivity index (χ1v) is 8.82. The van der Waals surface area contributed by atoms with Crippen molar-refractivity contribution in [3.63, 3.8) is 0 Å². The van der Waals surface area contributed by atoms with Crippen molar-refractivity contribution in [3.05, 3.63) is 63.8 Å². The molecule has 0 saturated carbocycles. The van der Waals surface area contributed by atoms with Gasteiger partial charge < -0.3 is 4.42 Å². The van der Waals surface area contributed by atoms with Crippen LogP contribution in [-0.4, -0.2) is 8.42 Å². The summed E-state index contributed by atoms with van der Waals surface area (Å²) in [6, 6.07) is 12.0. The van der Waals surface area contributed by atoms with Crippen LogP contribution in [0.5, 0.6) is 0 Å². The normalized spacial score (nSPS) is 11.7. The Balaban J connectivity index is 2.30. The highest BCUT2D eigenvalue weighted by atomic mass is 35.7. The minimum Gasteiger partial charge on any atom is -0.456 e. The van der Waals surface area contributed by atoms with E-state index in [0.29, 0.717) is 11.0 Å². The van der Waals surface area contributed by atoms with Gasteiger partial charge in [0.15, 0.2) is 5.43 Å². The van der Waals surface area contributed by atoms with Crippen molar-refractivity contribution in [1.82, 2.24) is 0 Å². The van der Waals surface area contributed by atoms with Crippen LogP contribution >= 0.6 is 22.3 Å². The molecular formula is C15H8Cl2O4S. The Morgan fingerprint density at radius 3 is 2.45 bits per heavy atom. The molecule has 0 aliphatic heterocycles. The molecule has 112 valence electrons. The number of hydrogen-bond donors (Lipinski definition) is 0. The molecule has 0 fully saturated rings. The third-order valence-corrected chi connectivity index (χ3v) is 4.80. The molecule has 0 amide bonds. The molecular weight excluding hydrogens is 347 g/mol.